The standard InChI is InChI=1S/C23H19FN4O5/c1-26(23(30)16-4-2-5-17(24)12-16)14-22(29)27-20(21-6-3-11-33-21)13-19(25-27)15-7-9-18(10-8-15)28(31)32/h2-12,20H,13-14H2,1H3. The van der Waals surface area contributed by atoms with Crippen molar-refractivity contribution in [1.82, 2.24) is 9.91 Å². The van der Waals surface area contributed by atoms with Crippen molar-refractivity contribution in [3.63, 3.8) is 0 Å². The third-order valence-corrected chi connectivity index (χ3v) is 5.24. The molecule has 0 radical (unpaired) electrons. The van der Waals surface area contributed by atoms with Gasteiger partial charge in [0, 0.05) is 31.2 Å². The summed E-state index contributed by atoms with van der Waals surface area (Å²) in [7, 11) is 1.45. The number of benzene rings is 2. The van der Waals surface area contributed by atoms with Gasteiger partial charge in [-0.2, -0.15) is 5.10 Å². The Balaban J connectivity index is 1.56. The van der Waals surface area contributed by atoms with E-state index in [9.17, 15) is 24.1 Å². The van der Waals surface area contributed by atoms with E-state index >= 15 is 0 Å². The normalized spacial score (nSPS) is 15.3. The van der Waals surface area contributed by atoms with E-state index in [1.165, 1.54) is 53.6 Å². The molecular weight excluding hydrogens is 431 g/mol. The van der Waals surface area contributed by atoms with Crippen LogP contribution in [0.1, 0.15) is 34.1 Å². The van der Waals surface area contributed by atoms with Gasteiger partial charge >= 0.3 is 0 Å². The van der Waals surface area contributed by atoms with Crippen LogP contribution in [0.5, 0.6) is 0 Å². The molecule has 2 amide bonds. The van der Waals surface area contributed by atoms with Crippen molar-refractivity contribution >= 4 is 23.2 Å². The topological polar surface area (TPSA) is 109 Å². The number of halogens is 1. The molecule has 2 heterocycles. The molecule has 168 valence electrons. The fraction of sp³-hybridized carbons (Fsp3) is 0.174. The van der Waals surface area contributed by atoms with Gasteiger partial charge in [-0.25, -0.2) is 9.40 Å². The second kappa shape index (κ2) is 9.03. The van der Waals surface area contributed by atoms with E-state index in [4.69, 9.17) is 4.42 Å². The van der Waals surface area contributed by atoms with Crippen LogP contribution in [0.2, 0.25) is 0 Å². The first-order valence-electron chi connectivity index (χ1n) is 10.0. The predicted molar refractivity (Wildman–Crippen MR) is 116 cm³/mol. The van der Waals surface area contributed by atoms with E-state index in [0.29, 0.717) is 23.5 Å². The summed E-state index contributed by atoms with van der Waals surface area (Å²) in [5.41, 5.74) is 1.27. The molecule has 1 aliphatic heterocycles. The minimum Gasteiger partial charge on any atom is -0.467 e. The van der Waals surface area contributed by atoms with Gasteiger partial charge in [0.15, 0.2) is 0 Å². The van der Waals surface area contributed by atoms with Crippen molar-refractivity contribution in [3.8, 4) is 0 Å². The van der Waals surface area contributed by atoms with E-state index in [0.717, 1.165) is 6.07 Å². The summed E-state index contributed by atoms with van der Waals surface area (Å²) >= 11 is 0. The quantitative estimate of drug-likeness (QED) is 0.419. The molecular formula is C23H19FN4O5. The van der Waals surface area contributed by atoms with Crippen molar-refractivity contribution in [3.05, 3.63) is 99.7 Å². The Morgan fingerprint density at radius 3 is 2.61 bits per heavy atom. The minimum atomic E-state index is -0.546. The largest absolute Gasteiger partial charge is 0.467 e. The number of nitro benzene ring substituents is 1. The zero-order chi connectivity index (χ0) is 23.5. The summed E-state index contributed by atoms with van der Waals surface area (Å²) in [5.74, 6) is -0.991. The number of likely N-dealkylation sites (N-methyl/N-ethyl adjacent to an activating group) is 1. The first-order valence-corrected chi connectivity index (χ1v) is 10.0. The summed E-state index contributed by atoms with van der Waals surface area (Å²) in [6, 6.07) is 14.0. The molecule has 1 aliphatic rings. The van der Waals surface area contributed by atoms with E-state index < -0.39 is 28.6 Å². The SMILES string of the molecule is CN(CC(=O)N1N=C(c2ccc([N+](=O)[O-])cc2)CC1c1ccco1)C(=O)c1cccc(F)c1. The Bertz CT molecular complexity index is 1220. The van der Waals surface area contributed by atoms with Gasteiger partial charge < -0.3 is 9.32 Å². The van der Waals surface area contributed by atoms with E-state index in [1.54, 1.807) is 24.3 Å². The maximum atomic E-state index is 13.5. The molecule has 2 aromatic carbocycles. The number of hydrazone groups is 1. The number of non-ortho nitro benzene ring substituents is 1. The molecule has 9 nitrogen and oxygen atoms in total. The highest BCUT2D eigenvalue weighted by Crippen LogP contribution is 2.33. The van der Waals surface area contributed by atoms with Gasteiger partial charge in [-0.05, 0) is 48.0 Å². The zero-order valence-electron chi connectivity index (χ0n) is 17.6. The molecule has 0 saturated heterocycles. The van der Waals surface area contributed by atoms with Crippen LogP contribution in [0.15, 0.2) is 76.4 Å². The molecule has 4 rings (SSSR count). The van der Waals surface area contributed by atoms with Crippen molar-refractivity contribution in [2.24, 2.45) is 5.10 Å². The van der Waals surface area contributed by atoms with E-state index in [2.05, 4.69) is 5.10 Å². The first kappa shape index (κ1) is 21.9. The molecule has 0 N–H and O–H groups in total. The number of carbonyl (C=O) groups excluding carboxylic acids is 2. The van der Waals surface area contributed by atoms with Crippen molar-refractivity contribution in [2.45, 2.75) is 12.5 Å². The van der Waals surface area contributed by atoms with Gasteiger partial charge in [0.1, 0.15) is 24.2 Å². The number of rotatable bonds is 6. The zero-order valence-corrected chi connectivity index (χ0v) is 17.6. The Morgan fingerprint density at radius 1 is 1.21 bits per heavy atom. The van der Waals surface area contributed by atoms with Gasteiger partial charge in [-0.15, -0.1) is 0 Å². The van der Waals surface area contributed by atoms with Crippen LogP contribution in [0.3, 0.4) is 0 Å². The average molecular weight is 450 g/mol. The molecule has 0 fully saturated rings. The molecule has 0 bridgehead atoms. The first-order chi connectivity index (χ1) is 15.8. The number of carbonyl (C=O) groups is 2. The van der Waals surface area contributed by atoms with Crippen LogP contribution < -0.4 is 0 Å². The highest BCUT2D eigenvalue weighted by atomic mass is 19.1. The highest BCUT2D eigenvalue weighted by Gasteiger charge is 2.35. The lowest BCUT2D eigenvalue weighted by molar-refractivity contribution is -0.384. The van der Waals surface area contributed by atoms with Crippen molar-refractivity contribution in [2.75, 3.05) is 13.6 Å². The summed E-state index contributed by atoms with van der Waals surface area (Å²) in [6.07, 6.45) is 1.82. The van der Waals surface area contributed by atoms with Crippen LogP contribution in [0.25, 0.3) is 0 Å². The molecule has 0 aliphatic carbocycles. The van der Waals surface area contributed by atoms with Gasteiger partial charge in [-0.3, -0.25) is 19.7 Å². The van der Waals surface area contributed by atoms with Crippen molar-refractivity contribution in [1.29, 1.82) is 0 Å². The highest BCUT2D eigenvalue weighted by molar-refractivity contribution is 6.03. The average Bonchev–Trinajstić information content (AvgIpc) is 3.48. The van der Waals surface area contributed by atoms with Gasteiger partial charge in [0.2, 0.25) is 0 Å². The Kier molecular flexibility index (Phi) is 5.99. The van der Waals surface area contributed by atoms with E-state index in [1.807, 2.05) is 0 Å². The molecule has 3 aromatic rings. The van der Waals surface area contributed by atoms with Crippen LogP contribution in [0, 0.1) is 15.9 Å². The molecule has 1 unspecified atom stereocenters. The van der Waals surface area contributed by atoms with Crippen LogP contribution in [0.4, 0.5) is 10.1 Å². The number of nitro groups is 1. The molecule has 0 saturated carbocycles. The van der Waals surface area contributed by atoms with Gasteiger partial charge in [0.05, 0.1) is 16.9 Å². The second-order valence-corrected chi connectivity index (χ2v) is 7.50. The fourth-order valence-corrected chi connectivity index (χ4v) is 3.58. The van der Waals surface area contributed by atoms with E-state index in [-0.39, 0.29) is 17.8 Å². The lowest BCUT2D eigenvalue weighted by Gasteiger charge is -2.23. The predicted octanol–water partition coefficient (Wildman–Crippen LogP) is 3.78. The number of hydrogen-bond donors (Lipinski definition) is 0. The molecule has 10 heteroatoms. The number of furan rings is 1. The molecule has 1 aromatic heterocycles. The Hall–Kier alpha value is -4.34. The summed E-state index contributed by atoms with van der Waals surface area (Å²) in [6.45, 7) is -0.288. The van der Waals surface area contributed by atoms with Gasteiger partial charge in [0.25, 0.3) is 17.5 Å². The molecule has 1 atom stereocenters. The minimum absolute atomic E-state index is 0.0506. The van der Waals surface area contributed by atoms with Crippen molar-refractivity contribution < 1.29 is 23.3 Å². The lowest BCUT2D eigenvalue weighted by atomic mass is 10.0. The fourth-order valence-electron chi connectivity index (χ4n) is 3.58. The van der Waals surface area contributed by atoms with Crippen LogP contribution in [-0.4, -0.2) is 46.0 Å². The molecule has 33 heavy (non-hydrogen) atoms. The third kappa shape index (κ3) is 4.64. The van der Waals surface area contributed by atoms with Crippen LogP contribution in [-0.2, 0) is 4.79 Å². The lowest BCUT2D eigenvalue weighted by Crippen LogP contribution is -2.39. The number of hydrogen-bond acceptors (Lipinski definition) is 6. The van der Waals surface area contributed by atoms with Gasteiger partial charge in [-0.1, -0.05) is 6.07 Å². The number of amides is 2. The van der Waals surface area contributed by atoms with Crippen LogP contribution >= 0.6 is 0 Å². The smallest absolute Gasteiger partial charge is 0.269 e. The summed E-state index contributed by atoms with van der Waals surface area (Å²) < 4.78 is 19.0. The Morgan fingerprint density at radius 2 is 1.97 bits per heavy atom. The monoisotopic (exact) mass is 450 g/mol. The third-order valence-electron chi connectivity index (χ3n) is 5.24. The number of nitrogens with zero attached hydrogens (tertiary/aromatic N) is 4. The maximum absolute atomic E-state index is 13.5. The summed E-state index contributed by atoms with van der Waals surface area (Å²) in [4.78, 5) is 37.3. The summed E-state index contributed by atoms with van der Waals surface area (Å²) in [5, 5.41) is 16.6. The second-order valence-electron chi connectivity index (χ2n) is 7.50. The Labute approximate surface area is 187 Å². The molecule has 0 spiro atoms. The maximum Gasteiger partial charge on any atom is 0.269 e.